The smallest absolute Gasteiger partial charge is 0.136 e. The third-order valence-electron chi connectivity index (χ3n) is 12.4. The quantitative estimate of drug-likeness (QED) is 0.153. The Balaban J connectivity index is 0.878. The van der Waals surface area contributed by atoms with Crippen LogP contribution in [-0.4, -0.2) is 4.57 Å². The monoisotopic (exact) mass is 804 g/mol. The van der Waals surface area contributed by atoms with E-state index in [1.165, 1.54) is 49.6 Å². The first-order valence-corrected chi connectivity index (χ1v) is 21.5. The van der Waals surface area contributed by atoms with Gasteiger partial charge in [-0.3, -0.25) is 0 Å². The van der Waals surface area contributed by atoms with Gasteiger partial charge in [0.2, 0.25) is 0 Å². The molecule has 12 aromatic rings. The van der Waals surface area contributed by atoms with E-state index < -0.39 is 0 Å². The second-order valence-corrected chi connectivity index (χ2v) is 16.2. The molecule has 3 nitrogen and oxygen atoms in total. The largest absolute Gasteiger partial charge is 0.456 e. The minimum atomic E-state index is 0.892. The van der Waals surface area contributed by atoms with E-state index in [4.69, 9.17) is 4.42 Å². The highest BCUT2D eigenvalue weighted by Gasteiger charge is 2.16. The van der Waals surface area contributed by atoms with E-state index in [0.29, 0.717) is 0 Å². The van der Waals surface area contributed by atoms with Crippen LogP contribution in [0, 0.1) is 0 Å². The molecule has 0 bridgehead atoms. The number of rotatable bonds is 8. The summed E-state index contributed by atoms with van der Waals surface area (Å²) in [4.78, 5) is 2.34. The Morgan fingerprint density at radius 1 is 0.270 bits per heavy atom. The number of anilines is 3. The molecule has 0 saturated carbocycles. The number of hydrogen-bond acceptors (Lipinski definition) is 2. The van der Waals surface area contributed by atoms with Gasteiger partial charge in [0.05, 0.1) is 11.0 Å². The van der Waals surface area contributed by atoms with Crippen LogP contribution in [0.5, 0.6) is 0 Å². The molecule has 0 aliphatic rings. The van der Waals surface area contributed by atoms with Gasteiger partial charge in [0.25, 0.3) is 0 Å². The number of benzene rings is 10. The van der Waals surface area contributed by atoms with Crippen LogP contribution in [0.1, 0.15) is 0 Å². The average molecular weight is 805 g/mol. The molecule has 2 heterocycles. The molecule has 10 aromatic carbocycles. The fourth-order valence-electron chi connectivity index (χ4n) is 9.30. The Hall–Kier alpha value is -8.40. The molecule has 0 aliphatic carbocycles. The Morgan fingerprint density at radius 2 is 0.714 bits per heavy atom. The second-order valence-electron chi connectivity index (χ2n) is 16.2. The first-order valence-electron chi connectivity index (χ1n) is 21.5. The summed E-state index contributed by atoms with van der Waals surface area (Å²) in [5, 5.41) is 4.81. The lowest BCUT2D eigenvalue weighted by molar-refractivity contribution is 0.669. The van der Waals surface area contributed by atoms with Crippen molar-refractivity contribution in [3.63, 3.8) is 0 Å². The fraction of sp³-hybridized carbons (Fsp3) is 0. The minimum absolute atomic E-state index is 0.892. The van der Waals surface area contributed by atoms with Gasteiger partial charge in [-0.25, -0.2) is 0 Å². The van der Waals surface area contributed by atoms with Gasteiger partial charge < -0.3 is 13.9 Å². The third kappa shape index (κ3) is 6.55. The molecule has 0 atom stereocenters. The van der Waals surface area contributed by atoms with E-state index in [-0.39, 0.29) is 0 Å². The van der Waals surface area contributed by atoms with Crippen molar-refractivity contribution in [3.05, 3.63) is 243 Å². The molecule has 0 N–H and O–H groups in total. The van der Waals surface area contributed by atoms with Crippen molar-refractivity contribution in [1.29, 1.82) is 0 Å². The van der Waals surface area contributed by atoms with Crippen LogP contribution in [0.4, 0.5) is 17.1 Å². The van der Waals surface area contributed by atoms with Gasteiger partial charge in [-0.15, -0.1) is 0 Å². The Bertz CT molecular complexity index is 3550. The molecule has 0 amide bonds. The van der Waals surface area contributed by atoms with Crippen molar-refractivity contribution < 1.29 is 4.42 Å². The molecular formula is C60H40N2O. The van der Waals surface area contributed by atoms with Crippen LogP contribution < -0.4 is 4.90 Å². The van der Waals surface area contributed by atoms with E-state index >= 15 is 0 Å². The first kappa shape index (κ1) is 36.5. The van der Waals surface area contributed by atoms with Gasteiger partial charge in [-0.2, -0.15) is 0 Å². The van der Waals surface area contributed by atoms with E-state index in [1.807, 2.05) is 12.1 Å². The Labute approximate surface area is 366 Å². The van der Waals surface area contributed by atoms with Gasteiger partial charge in [0.15, 0.2) is 0 Å². The molecule has 0 radical (unpaired) electrons. The molecule has 2 aromatic heterocycles. The topological polar surface area (TPSA) is 21.3 Å². The van der Waals surface area contributed by atoms with Crippen molar-refractivity contribution in [2.45, 2.75) is 0 Å². The first-order chi connectivity index (χ1) is 31.2. The predicted molar refractivity (Wildman–Crippen MR) is 264 cm³/mol. The zero-order valence-electron chi connectivity index (χ0n) is 34.4. The second kappa shape index (κ2) is 15.3. The van der Waals surface area contributed by atoms with Crippen LogP contribution in [-0.2, 0) is 0 Å². The minimum Gasteiger partial charge on any atom is -0.456 e. The van der Waals surface area contributed by atoms with Crippen LogP contribution >= 0.6 is 0 Å². The maximum absolute atomic E-state index is 6.29. The van der Waals surface area contributed by atoms with Crippen molar-refractivity contribution in [3.8, 4) is 50.2 Å². The molecule has 296 valence electrons. The van der Waals surface area contributed by atoms with Gasteiger partial charge in [-0.05, 0) is 129 Å². The summed E-state index contributed by atoms with van der Waals surface area (Å²) in [6.45, 7) is 0. The number of furan rings is 1. The summed E-state index contributed by atoms with van der Waals surface area (Å²) in [5.74, 6) is 0. The molecule has 0 aliphatic heterocycles. The van der Waals surface area contributed by atoms with E-state index in [2.05, 4.69) is 240 Å². The highest BCUT2D eigenvalue weighted by atomic mass is 16.3. The number of hydrogen-bond donors (Lipinski definition) is 0. The summed E-state index contributed by atoms with van der Waals surface area (Å²) in [6, 6.07) is 87.1. The lowest BCUT2D eigenvalue weighted by Crippen LogP contribution is -2.10. The lowest BCUT2D eigenvalue weighted by Gasteiger charge is -2.26. The van der Waals surface area contributed by atoms with Crippen molar-refractivity contribution in [2.75, 3.05) is 4.90 Å². The Morgan fingerprint density at radius 3 is 1.37 bits per heavy atom. The van der Waals surface area contributed by atoms with E-state index in [1.54, 1.807) is 0 Å². The average Bonchev–Trinajstić information content (AvgIpc) is 3.91. The summed E-state index contributed by atoms with van der Waals surface area (Å²) >= 11 is 0. The van der Waals surface area contributed by atoms with Crippen LogP contribution in [0.15, 0.2) is 247 Å². The standard InChI is InChI=1S/C60H40N2O/c1-2-12-41(13-3-1)42-24-31-49(32-25-42)61(52-17-11-16-47(39-52)48-30-37-56-55-20-6-9-23-59(55)63-60(56)40-48)50-33-26-43(27-34-50)45-14-10-15-46(38-45)44-28-35-51(36-29-44)62-57-21-7-4-18-53(57)54-19-5-8-22-58(54)62/h1-40H. The predicted octanol–water partition coefficient (Wildman–Crippen LogP) is 16.8. The SMILES string of the molecule is c1ccc(-c2ccc(N(c3ccc(-c4cccc(-c5ccc(-n6c7ccccc7c7ccccc76)cc5)c4)cc3)c3cccc(-c4ccc5c(c4)oc4ccccc45)c3)cc2)cc1. The van der Waals surface area contributed by atoms with Crippen LogP contribution in [0.2, 0.25) is 0 Å². The van der Waals surface area contributed by atoms with Gasteiger partial charge in [-0.1, -0.05) is 158 Å². The molecule has 0 saturated heterocycles. The zero-order chi connectivity index (χ0) is 41.7. The van der Waals surface area contributed by atoms with Gasteiger partial charge >= 0.3 is 0 Å². The highest BCUT2D eigenvalue weighted by Crippen LogP contribution is 2.40. The molecule has 63 heavy (non-hydrogen) atoms. The van der Waals surface area contributed by atoms with Crippen molar-refractivity contribution in [2.24, 2.45) is 0 Å². The molecule has 0 spiro atoms. The molecule has 3 heteroatoms. The van der Waals surface area contributed by atoms with Crippen LogP contribution in [0.25, 0.3) is 93.9 Å². The van der Waals surface area contributed by atoms with E-state index in [9.17, 15) is 0 Å². The molecule has 12 rings (SSSR count). The zero-order valence-corrected chi connectivity index (χ0v) is 34.4. The third-order valence-corrected chi connectivity index (χ3v) is 12.4. The Kier molecular flexibility index (Phi) is 8.83. The van der Waals surface area contributed by atoms with Crippen LogP contribution in [0.3, 0.4) is 0 Å². The van der Waals surface area contributed by atoms with Gasteiger partial charge in [0.1, 0.15) is 11.2 Å². The fourth-order valence-corrected chi connectivity index (χ4v) is 9.30. The van der Waals surface area contributed by atoms with Crippen molar-refractivity contribution >= 4 is 60.8 Å². The number of nitrogens with zero attached hydrogens (tertiary/aromatic N) is 2. The summed E-state index contributed by atoms with van der Waals surface area (Å²) in [5.41, 5.74) is 17.9. The summed E-state index contributed by atoms with van der Waals surface area (Å²) in [7, 11) is 0. The number of para-hydroxylation sites is 3. The molecular weight excluding hydrogens is 765 g/mol. The lowest BCUT2D eigenvalue weighted by atomic mass is 9.98. The maximum atomic E-state index is 6.29. The van der Waals surface area contributed by atoms with Crippen molar-refractivity contribution in [1.82, 2.24) is 4.57 Å². The molecule has 0 fully saturated rings. The summed E-state index contributed by atoms with van der Waals surface area (Å²) in [6.07, 6.45) is 0. The maximum Gasteiger partial charge on any atom is 0.136 e. The number of fused-ring (bicyclic) bond motifs is 6. The normalized spacial score (nSPS) is 11.5. The van der Waals surface area contributed by atoms with Gasteiger partial charge in [0, 0.05) is 44.3 Å². The summed E-state index contributed by atoms with van der Waals surface area (Å²) < 4.78 is 8.66. The molecule has 0 unspecified atom stereocenters. The highest BCUT2D eigenvalue weighted by molar-refractivity contribution is 6.09. The number of aromatic nitrogens is 1. The van der Waals surface area contributed by atoms with E-state index in [0.717, 1.165) is 61.4 Å².